The van der Waals surface area contributed by atoms with Crippen molar-refractivity contribution in [1.29, 1.82) is 0 Å². The third-order valence-corrected chi connectivity index (χ3v) is 17.8. The van der Waals surface area contributed by atoms with Gasteiger partial charge >= 0.3 is 12.1 Å². The molecule has 1 fully saturated rings. The van der Waals surface area contributed by atoms with Gasteiger partial charge in [0.1, 0.15) is 6.10 Å². The summed E-state index contributed by atoms with van der Waals surface area (Å²) in [6, 6.07) is 0. The van der Waals surface area contributed by atoms with Crippen molar-refractivity contribution in [3.05, 3.63) is 24.3 Å². The lowest BCUT2D eigenvalue weighted by Crippen LogP contribution is -2.46. The number of alkyl halides is 3. The van der Waals surface area contributed by atoms with E-state index in [1.807, 2.05) is 12.2 Å². The minimum Gasteiger partial charge on any atom is -0.466 e. The number of aliphatic hydroxyl groups excluding tert-OH is 1. The average molecular weight is 595 g/mol. The van der Waals surface area contributed by atoms with E-state index in [9.17, 15) is 23.1 Å². The van der Waals surface area contributed by atoms with Crippen LogP contribution < -0.4 is 0 Å². The summed E-state index contributed by atoms with van der Waals surface area (Å²) < 4.78 is 56.5. The number of methoxy groups -OCH3 is 1. The number of ether oxygens (including phenoxy) is 1. The molecule has 0 radical (unpaired) electrons. The smallest absolute Gasteiger partial charge is 0.414 e. The second-order valence-corrected chi connectivity index (χ2v) is 23.5. The molecule has 0 aromatic rings. The summed E-state index contributed by atoms with van der Waals surface area (Å²) in [6.45, 7) is 22.0. The average Bonchev–Trinajstić information content (AvgIpc) is 3.15. The van der Waals surface area contributed by atoms with Crippen LogP contribution in [0.2, 0.25) is 36.3 Å². The first-order chi connectivity index (χ1) is 17.5. The lowest BCUT2D eigenvalue weighted by Gasteiger charge is -2.41. The molecular formula is C29H53F3O5Si2. The zero-order valence-electron chi connectivity index (χ0n) is 25.9. The Labute approximate surface area is 236 Å². The van der Waals surface area contributed by atoms with E-state index in [1.165, 1.54) is 13.2 Å². The number of hydrogen-bond acceptors (Lipinski definition) is 5. The molecule has 1 aliphatic carbocycles. The second-order valence-electron chi connectivity index (χ2n) is 13.9. The number of carbonyl (C=O) groups is 1. The van der Waals surface area contributed by atoms with Crippen LogP contribution in [-0.4, -0.2) is 59.3 Å². The number of rotatable bonds is 12. The molecule has 39 heavy (non-hydrogen) atoms. The molecule has 0 bridgehead atoms. The van der Waals surface area contributed by atoms with Crippen molar-refractivity contribution in [2.24, 2.45) is 11.8 Å². The van der Waals surface area contributed by atoms with Gasteiger partial charge in [0.25, 0.3) is 0 Å². The summed E-state index contributed by atoms with van der Waals surface area (Å²) in [4.78, 5) is 12.0. The Hall–Kier alpha value is -0.946. The van der Waals surface area contributed by atoms with Crippen LogP contribution in [0.25, 0.3) is 0 Å². The first kappa shape index (κ1) is 36.1. The predicted octanol–water partition coefficient (Wildman–Crippen LogP) is 8.17. The van der Waals surface area contributed by atoms with Crippen LogP contribution >= 0.6 is 0 Å². The summed E-state index contributed by atoms with van der Waals surface area (Å²) in [5, 5.41) is 9.31. The van der Waals surface area contributed by atoms with Gasteiger partial charge in [0.15, 0.2) is 16.6 Å². The molecule has 10 heteroatoms. The van der Waals surface area contributed by atoms with Gasteiger partial charge in [0, 0.05) is 12.2 Å². The van der Waals surface area contributed by atoms with Crippen LogP contribution in [0.4, 0.5) is 13.2 Å². The number of carbonyl (C=O) groups excluding carboxylic acids is 1. The zero-order chi connectivity index (χ0) is 30.4. The fraction of sp³-hybridized carbons (Fsp3) is 0.828. The Bertz CT molecular complexity index is 841. The van der Waals surface area contributed by atoms with Crippen LogP contribution in [0, 0.1) is 11.8 Å². The van der Waals surface area contributed by atoms with E-state index in [2.05, 4.69) is 73.8 Å². The van der Waals surface area contributed by atoms with Crippen molar-refractivity contribution >= 4 is 22.6 Å². The topological polar surface area (TPSA) is 65.0 Å². The molecule has 0 heterocycles. The van der Waals surface area contributed by atoms with Gasteiger partial charge in [-0.05, 0) is 86.3 Å². The van der Waals surface area contributed by atoms with Crippen molar-refractivity contribution in [3.63, 3.8) is 0 Å². The Morgan fingerprint density at radius 1 is 1.00 bits per heavy atom. The van der Waals surface area contributed by atoms with Crippen molar-refractivity contribution in [2.45, 2.75) is 134 Å². The first-order valence-corrected chi connectivity index (χ1v) is 19.9. The molecule has 1 rings (SSSR count). The second kappa shape index (κ2) is 13.8. The van der Waals surface area contributed by atoms with E-state index in [0.717, 1.165) is 12.8 Å². The highest BCUT2D eigenvalue weighted by atomic mass is 28.4. The molecular weight excluding hydrogens is 541 g/mol. The summed E-state index contributed by atoms with van der Waals surface area (Å²) in [5.41, 5.74) is 0. The van der Waals surface area contributed by atoms with Gasteiger partial charge in [0.2, 0.25) is 0 Å². The third-order valence-electron chi connectivity index (χ3n) is 8.78. The van der Waals surface area contributed by atoms with Crippen molar-refractivity contribution in [2.75, 3.05) is 7.11 Å². The van der Waals surface area contributed by atoms with E-state index in [1.54, 1.807) is 0 Å². The van der Waals surface area contributed by atoms with Gasteiger partial charge in [-0.2, -0.15) is 13.2 Å². The molecule has 1 N–H and O–H groups in total. The maximum Gasteiger partial charge on any atom is 0.414 e. The molecule has 0 saturated heterocycles. The zero-order valence-corrected chi connectivity index (χ0v) is 27.9. The van der Waals surface area contributed by atoms with E-state index < -0.39 is 34.9 Å². The minimum atomic E-state index is -4.59. The van der Waals surface area contributed by atoms with Crippen LogP contribution in [0.3, 0.4) is 0 Å². The highest BCUT2D eigenvalue weighted by Gasteiger charge is 2.47. The number of aliphatic hydroxyl groups is 1. The third kappa shape index (κ3) is 11.1. The summed E-state index contributed by atoms with van der Waals surface area (Å²) >= 11 is 0. The fourth-order valence-corrected chi connectivity index (χ4v) is 6.90. The molecule has 228 valence electrons. The summed E-state index contributed by atoms with van der Waals surface area (Å²) in [5.74, 6) is -0.336. The van der Waals surface area contributed by atoms with Gasteiger partial charge in [0.05, 0.1) is 13.2 Å². The Morgan fingerprint density at radius 2 is 1.56 bits per heavy atom. The number of hydrogen-bond donors (Lipinski definition) is 1. The molecule has 1 aliphatic rings. The normalized spacial score (nSPS) is 23.5. The molecule has 5 nitrogen and oxygen atoms in total. The van der Waals surface area contributed by atoms with Gasteiger partial charge in [-0.15, -0.1) is 0 Å². The van der Waals surface area contributed by atoms with Crippen LogP contribution in [0.15, 0.2) is 24.3 Å². The van der Waals surface area contributed by atoms with Gasteiger partial charge < -0.3 is 18.7 Å². The molecule has 0 spiro atoms. The Kier molecular flexibility index (Phi) is 12.8. The van der Waals surface area contributed by atoms with E-state index >= 15 is 0 Å². The molecule has 0 aromatic heterocycles. The predicted molar refractivity (Wildman–Crippen MR) is 157 cm³/mol. The van der Waals surface area contributed by atoms with Crippen LogP contribution in [0.1, 0.15) is 73.6 Å². The van der Waals surface area contributed by atoms with E-state index in [-0.39, 0.29) is 47.0 Å². The van der Waals surface area contributed by atoms with Gasteiger partial charge in [-0.3, -0.25) is 0 Å². The number of unbranched alkanes of at least 4 members (excludes halogenated alkanes) is 1. The lowest BCUT2D eigenvalue weighted by molar-refractivity contribution is -0.205. The standard InChI is InChI=1S/C29H53F3O5Si2/c1-27(2,3)38(8,9)36-22-19-21(15-13-12-14-16-25(33)29(30,31)32)23(20-22)24(17-18-26(34)35-7)37-39(10,11)28(4,5)6/h13,15,17-18,21-25,33H,12,14,16,19-20H2,1-11H3/b15-13+,18-17+/t21-,22+,23-,24-,25?/m1/s1. The number of esters is 1. The quantitative estimate of drug-likeness (QED) is 0.0812. The van der Waals surface area contributed by atoms with Crippen LogP contribution in [0.5, 0.6) is 0 Å². The molecule has 0 amide bonds. The molecule has 5 atom stereocenters. The number of halogens is 3. The van der Waals surface area contributed by atoms with E-state index in [0.29, 0.717) is 6.42 Å². The molecule has 0 aromatic carbocycles. The van der Waals surface area contributed by atoms with Crippen molar-refractivity contribution < 1.29 is 36.7 Å². The molecule has 0 aliphatic heterocycles. The van der Waals surface area contributed by atoms with Crippen molar-refractivity contribution in [3.8, 4) is 0 Å². The fourth-order valence-electron chi connectivity index (χ4n) is 4.23. The SMILES string of the molecule is COC(=O)/C=C/[C@@H](O[Si](C)(C)C(C)(C)C)[C@@H]1C[C@@H](O[Si](C)(C)C(C)(C)C)C[C@H]1/C=C/CCCC(O)C(F)(F)F. The van der Waals surface area contributed by atoms with E-state index in [4.69, 9.17) is 13.6 Å². The van der Waals surface area contributed by atoms with Gasteiger partial charge in [-0.25, -0.2) is 4.79 Å². The first-order valence-electron chi connectivity index (χ1n) is 14.0. The maximum absolute atomic E-state index is 12.7. The van der Waals surface area contributed by atoms with Gasteiger partial charge in [-0.1, -0.05) is 53.7 Å². The monoisotopic (exact) mass is 594 g/mol. The Morgan fingerprint density at radius 3 is 2.05 bits per heavy atom. The highest BCUT2D eigenvalue weighted by molar-refractivity contribution is 6.74. The highest BCUT2D eigenvalue weighted by Crippen LogP contribution is 2.46. The molecule has 1 saturated carbocycles. The summed E-state index contributed by atoms with van der Waals surface area (Å²) in [6.07, 6.45) is 1.95. The largest absolute Gasteiger partial charge is 0.466 e. The summed E-state index contributed by atoms with van der Waals surface area (Å²) in [7, 11) is -2.91. The minimum absolute atomic E-state index is 0.0228. The van der Waals surface area contributed by atoms with Crippen molar-refractivity contribution in [1.82, 2.24) is 0 Å². The maximum atomic E-state index is 12.7. The molecule has 1 unspecified atom stereocenters. The lowest BCUT2D eigenvalue weighted by atomic mass is 9.89. The van der Waals surface area contributed by atoms with Crippen LogP contribution in [-0.2, 0) is 18.4 Å². The Balaban J connectivity index is 3.26. The number of allylic oxidation sites excluding steroid dienone is 2.